The summed E-state index contributed by atoms with van der Waals surface area (Å²) in [6, 6.07) is 10.1. The highest BCUT2D eigenvalue weighted by Gasteiger charge is 2.25. The van der Waals surface area contributed by atoms with Crippen LogP contribution in [-0.4, -0.2) is 47.8 Å². The number of anilines is 1. The monoisotopic (exact) mass is 448 g/mol. The molecule has 1 aliphatic heterocycles. The first-order valence-corrected chi connectivity index (χ1v) is 10.7. The summed E-state index contributed by atoms with van der Waals surface area (Å²) in [4.78, 5) is 24.4. The molecule has 33 heavy (non-hydrogen) atoms. The summed E-state index contributed by atoms with van der Waals surface area (Å²) in [5, 5.41) is 12.4. The lowest BCUT2D eigenvalue weighted by Crippen LogP contribution is -2.44. The van der Waals surface area contributed by atoms with Gasteiger partial charge in [0.2, 0.25) is 5.88 Å². The number of methoxy groups -OCH3 is 1. The molecule has 0 radical (unpaired) electrons. The number of hydrogen-bond acceptors (Lipinski definition) is 7. The zero-order valence-electron chi connectivity index (χ0n) is 18.8. The Kier molecular flexibility index (Phi) is 6.38. The number of pyridine rings is 1. The van der Waals surface area contributed by atoms with Crippen LogP contribution in [0.3, 0.4) is 0 Å². The van der Waals surface area contributed by atoms with Crippen LogP contribution in [-0.2, 0) is 7.05 Å². The summed E-state index contributed by atoms with van der Waals surface area (Å²) in [6.07, 6.45) is 3.38. The van der Waals surface area contributed by atoms with Gasteiger partial charge in [-0.3, -0.25) is 4.79 Å². The second-order valence-corrected chi connectivity index (χ2v) is 7.94. The van der Waals surface area contributed by atoms with E-state index in [9.17, 15) is 9.18 Å². The average molecular weight is 449 g/mol. The highest BCUT2D eigenvalue weighted by molar-refractivity contribution is 5.79. The first-order valence-electron chi connectivity index (χ1n) is 10.7. The number of nitrogens with zero attached hydrogens (tertiary/aromatic N) is 5. The summed E-state index contributed by atoms with van der Waals surface area (Å²) in [5.74, 6) is 0.129. The molecular formula is C24H25FN6O2. The molecule has 3 heterocycles. The lowest BCUT2D eigenvalue weighted by atomic mass is 10.0. The first kappa shape index (κ1) is 22.4. The van der Waals surface area contributed by atoms with E-state index in [2.05, 4.69) is 10.3 Å². The van der Waals surface area contributed by atoms with Crippen LogP contribution in [0.15, 0.2) is 41.3 Å². The normalized spacial score (nSPS) is 14.2. The van der Waals surface area contributed by atoms with Crippen LogP contribution in [0, 0.1) is 17.1 Å². The number of hydrogen-bond donors (Lipinski definition) is 1. The van der Waals surface area contributed by atoms with Crippen molar-refractivity contribution in [2.24, 2.45) is 7.05 Å². The number of piperidine rings is 1. The number of nitrogens with one attached hydrogen (secondary N) is 1. The molecule has 0 amide bonds. The maximum atomic E-state index is 14.5. The van der Waals surface area contributed by atoms with Gasteiger partial charge in [-0.1, -0.05) is 6.07 Å². The molecule has 0 unspecified atom stereocenters. The smallest absolute Gasteiger partial charge is 0.293 e. The largest absolute Gasteiger partial charge is 0.481 e. The lowest BCUT2D eigenvalue weighted by molar-refractivity contribution is 0.398. The minimum absolute atomic E-state index is 0.0504. The average Bonchev–Trinajstić information content (AvgIpc) is 2.85. The third-order valence-electron chi connectivity index (χ3n) is 6.06. The standard InChI is InChI=1S/C24H25FN6O2/c1-27-18-8-10-31(11-9-18)23-24(32)30(2)22(17-6-7-20(33-3)28-14-17)21(29-23)15-4-5-16(13-26)19(25)12-15/h4-7,12,14,18,27H,8-11H2,1-3H3. The number of rotatable bonds is 5. The molecule has 0 spiro atoms. The SMILES string of the molecule is CNC1CCN(c2nc(-c3ccc(C#N)c(F)c3)c(-c3ccc(OC)nc3)n(C)c2=O)CC1. The third-order valence-corrected chi connectivity index (χ3v) is 6.06. The molecule has 1 fully saturated rings. The van der Waals surface area contributed by atoms with E-state index in [0.29, 0.717) is 53.3 Å². The van der Waals surface area contributed by atoms with Crippen molar-refractivity contribution in [2.45, 2.75) is 18.9 Å². The van der Waals surface area contributed by atoms with Crippen LogP contribution in [0.25, 0.3) is 22.5 Å². The highest BCUT2D eigenvalue weighted by atomic mass is 19.1. The number of benzene rings is 1. The maximum Gasteiger partial charge on any atom is 0.293 e. The molecule has 1 N–H and O–H groups in total. The van der Waals surface area contributed by atoms with Gasteiger partial charge >= 0.3 is 0 Å². The van der Waals surface area contributed by atoms with Crippen molar-refractivity contribution in [1.82, 2.24) is 19.9 Å². The molecule has 0 aliphatic carbocycles. The number of nitriles is 1. The summed E-state index contributed by atoms with van der Waals surface area (Å²) < 4.78 is 21.2. The first-order chi connectivity index (χ1) is 16.0. The summed E-state index contributed by atoms with van der Waals surface area (Å²) in [7, 11) is 5.14. The molecule has 3 aromatic rings. The minimum atomic E-state index is -0.638. The van der Waals surface area contributed by atoms with E-state index in [1.54, 1.807) is 31.4 Å². The molecule has 2 aromatic heterocycles. The number of halogens is 1. The molecule has 9 heteroatoms. The maximum absolute atomic E-state index is 14.5. The van der Waals surface area contributed by atoms with Crippen molar-refractivity contribution in [3.05, 3.63) is 58.3 Å². The summed E-state index contributed by atoms with van der Waals surface area (Å²) >= 11 is 0. The van der Waals surface area contributed by atoms with Crippen molar-refractivity contribution in [3.8, 4) is 34.5 Å². The Balaban J connectivity index is 1.90. The van der Waals surface area contributed by atoms with Gasteiger partial charge in [0.25, 0.3) is 5.56 Å². The van der Waals surface area contributed by atoms with Crippen LogP contribution < -0.4 is 20.5 Å². The molecule has 0 atom stereocenters. The topological polar surface area (TPSA) is 96.1 Å². The van der Waals surface area contributed by atoms with Crippen LogP contribution in [0.4, 0.5) is 10.2 Å². The van der Waals surface area contributed by atoms with Crippen LogP contribution in [0.5, 0.6) is 5.88 Å². The number of ether oxygens (including phenoxy) is 1. The zero-order chi connectivity index (χ0) is 23.5. The van der Waals surface area contributed by atoms with Gasteiger partial charge in [-0.2, -0.15) is 5.26 Å². The van der Waals surface area contributed by atoms with E-state index < -0.39 is 5.82 Å². The molecule has 8 nitrogen and oxygen atoms in total. The molecule has 1 aliphatic rings. The van der Waals surface area contributed by atoms with Gasteiger partial charge in [-0.15, -0.1) is 0 Å². The van der Waals surface area contributed by atoms with Crippen molar-refractivity contribution < 1.29 is 9.13 Å². The molecule has 1 saturated heterocycles. The van der Waals surface area contributed by atoms with Crippen molar-refractivity contribution in [2.75, 3.05) is 32.1 Å². The Morgan fingerprint density at radius 3 is 2.52 bits per heavy atom. The van der Waals surface area contributed by atoms with Gasteiger partial charge in [0.1, 0.15) is 11.9 Å². The molecule has 0 bridgehead atoms. The van der Waals surface area contributed by atoms with E-state index in [-0.39, 0.29) is 11.1 Å². The van der Waals surface area contributed by atoms with E-state index in [4.69, 9.17) is 15.0 Å². The van der Waals surface area contributed by atoms with Crippen LogP contribution >= 0.6 is 0 Å². The molecule has 4 rings (SSSR count). The Morgan fingerprint density at radius 1 is 1.21 bits per heavy atom. The predicted molar refractivity (Wildman–Crippen MR) is 124 cm³/mol. The van der Waals surface area contributed by atoms with Gasteiger partial charge in [-0.05, 0) is 38.1 Å². The second kappa shape index (κ2) is 9.38. The Hall–Kier alpha value is -3.77. The quantitative estimate of drug-likeness (QED) is 0.641. The van der Waals surface area contributed by atoms with Crippen LogP contribution in [0.2, 0.25) is 0 Å². The van der Waals surface area contributed by atoms with Gasteiger partial charge in [0.05, 0.1) is 24.1 Å². The highest BCUT2D eigenvalue weighted by Crippen LogP contribution is 2.32. The molecular weight excluding hydrogens is 423 g/mol. The fraction of sp³-hybridized carbons (Fsp3) is 0.333. The molecule has 0 saturated carbocycles. The van der Waals surface area contributed by atoms with E-state index in [0.717, 1.165) is 12.8 Å². The third kappa shape index (κ3) is 4.30. The second-order valence-electron chi connectivity index (χ2n) is 7.94. The van der Waals surface area contributed by atoms with E-state index in [1.807, 2.05) is 18.0 Å². The Labute approximate surface area is 191 Å². The van der Waals surface area contributed by atoms with Crippen LogP contribution in [0.1, 0.15) is 18.4 Å². The van der Waals surface area contributed by atoms with E-state index >= 15 is 0 Å². The van der Waals surface area contributed by atoms with Gasteiger partial charge in [0, 0.05) is 49.6 Å². The number of aromatic nitrogens is 3. The summed E-state index contributed by atoms with van der Waals surface area (Å²) in [5.41, 5.74) is 1.78. The molecule has 1 aromatic carbocycles. The Morgan fingerprint density at radius 2 is 1.94 bits per heavy atom. The van der Waals surface area contributed by atoms with Crippen molar-refractivity contribution in [1.29, 1.82) is 5.26 Å². The van der Waals surface area contributed by atoms with Crippen molar-refractivity contribution in [3.63, 3.8) is 0 Å². The fourth-order valence-corrected chi connectivity index (χ4v) is 4.13. The van der Waals surface area contributed by atoms with Gasteiger partial charge in [0.15, 0.2) is 5.82 Å². The van der Waals surface area contributed by atoms with Crippen molar-refractivity contribution >= 4 is 5.82 Å². The Bertz CT molecular complexity index is 1260. The van der Waals surface area contributed by atoms with Gasteiger partial charge < -0.3 is 19.5 Å². The summed E-state index contributed by atoms with van der Waals surface area (Å²) in [6.45, 7) is 1.39. The van der Waals surface area contributed by atoms with Gasteiger partial charge in [-0.25, -0.2) is 14.4 Å². The fourth-order valence-electron chi connectivity index (χ4n) is 4.13. The zero-order valence-corrected chi connectivity index (χ0v) is 18.8. The predicted octanol–water partition coefficient (Wildman–Crippen LogP) is 2.72. The van der Waals surface area contributed by atoms with E-state index in [1.165, 1.54) is 23.8 Å². The lowest BCUT2D eigenvalue weighted by Gasteiger charge is -2.32. The molecule has 170 valence electrons. The minimum Gasteiger partial charge on any atom is -0.481 e.